The maximum absolute atomic E-state index is 6.47. The van der Waals surface area contributed by atoms with Crippen LogP contribution in [0.5, 0.6) is 34.5 Å². The molecule has 7 heteroatoms. The van der Waals surface area contributed by atoms with Gasteiger partial charge in [-0.25, -0.2) is 0 Å². The topological polar surface area (TPSA) is 64.6 Å². The minimum atomic E-state index is -0.201. The lowest BCUT2D eigenvalue weighted by Crippen LogP contribution is -2.16. The molecule has 2 aromatic rings. The van der Waals surface area contributed by atoms with E-state index in [1.165, 1.54) is 0 Å². The maximum Gasteiger partial charge on any atom is 0.164 e. The third kappa shape index (κ3) is 4.06. The lowest BCUT2D eigenvalue weighted by atomic mass is 9.81. The molecule has 0 radical (unpaired) electrons. The summed E-state index contributed by atoms with van der Waals surface area (Å²) in [4.78, 5) is 0. The zero-order valence-electron chi connectivity index (χ0n) is 19.5. The first-order valence-corrected chi connectivity index (χ1v) is 10.2. The van der Waals surface area contributed by atoms with E-state index in [1.54, 1.807) is 42.7 Å². The molecule has 31 heavy (non-hydrogen) atoms. The second-order valence-electron chi connectivity index (χ2n) is 7.54. The van der Waals surface area contributed by atoms with E-state index >= 15 is 0 Å². The highest BCUT2D eigenvalue weighted by molar-refractivity contribution is 5.54. The van der Waals surface area contributed by atoms with Crippen molar-refractivity contribution in [2.75, 3.05) is 42.7 Å². The van der Waals surface area contributed by atoms with E-state index in [0.29, 0.717) is 28.7 Å². The molecule has 3 rings (SSSR count). The molecule has 0 unspecified atom stereocenters. The number of benzene rings is 2. The first kappa shape index (κ1) is 22.9. The number of hydrogen-bond donors (Lipinski definition) is 0. The Morgan fingerprint density at radius 2 is 0.935 bits per heavy atom. The monoisotopic (exact) mass is 432 g/mol. The Bertz CT molecular complexity index is 911. The maximum atomic E-state index is 6.47. The van der Waals surface area contributed by atoms with E-state index in [2.05, 4.69) is 13.8 Å². The quantitative estimate of drug-likeness (QED) is 0.603. The normalized spacial score (nSPS) is 22.7. The Morgan fingerprint density at radius 1 is 0.548 bits per heavy atom. The first-order chi connectivity index (χ1) is 14.9. The minimum absolute atomic E-state index is 0.0650. The summed E-state index contributed by atoms with van der Waals surface area (Å²) >= 11 is 0. The summed E-state index contributed by atoms with van der Waals surface area (Å²) in [5, 5.41) is 0. The molecule has 1 saturated heterocycles. The molecule has 0 aromatic heterocycles. The van der Waals surface area contributed by atoms with Crippen LogP contribution in [0.4, 0.5) is 0 Å². The average Bonchev–Trinajstić information content (AvgIpc) is 3.10. The van der Waals surface area contributed by atoms with E-state index < -0.39 is 0 Å². The van der Waals surface area contributed by atoms with Crippen molar-refractivity contribution in [2.45, 2.75) is 32.0 Å². The SMILES string of the molecule is COc1cc(OC)c([C@@H]2[C@@H](C)[C@H](c3cc(OC)c(OC)cc3OC)O[C@@H]2C)cc1OC. The van der Waals surface area contributed by atoms with Gasteiger partial charge in [-0.15, -0.1) is 0 Å². The molecule has 7 nitrogen and oxygen atoms in total. The first-order valence-electron chi connectivity index (χ1n) is 10.2. The largest absolute Gasteiger partial charge is 0.496 e. The molecular weight excluding hydrogens is 400 g/mol. The third-order valence-electron chi connectivity index (χ3n) is 6.05. The zero-order chi connectivity index (χ0) is 22.7. The van der Waals surface area contributed by atoms with Gasteiger partial charge in [0, 0.05) is 29.2 Å². The van der Waals surface area contributed by atoms with E-state index in [4.69, 9.17) is 33.2 Å². The fourth-order valence-electron chi connectivity index (χ4n) is 4.54. The fraction of sp³-hybridized carbons (Fsp3) is 0.500. The lowest BCUT2D eigenvalue weighted by molar-refractivity contribution is 0.0415. The smallest absolute Gasteiger partial charge is 0.164 e. The molecule has 0 N–H and O–H groups in total. The highest BCUT2D eigenvalue weighted by Gasteiger charge is 2.44. The van der Waals surface area contributed by atoms with E-state index in [0.717, 1.165) is 16.9 Å². The molecule has 1 aliphatic rings. The van der Waals surface area contributed by atoms with Crippen molar-refractivity contribution in [1.82, 2.24) is 0 Å². The predicted octanol–water partition coefficient (Wildman–Crippen LogP) is 4.62. The van der Waals surface area contributed by atoms with Crippen molar-refractivity contribution in [3.05, 3.63) is 35.4 Å². The van der Waals surface area contributed by atoms with Crippen LogP contribution < -0.4 is 28.4 Å². The van der Waals surface area contributed by atoms with Crippen molar-refractivity contribution in [2.24, 2.45) is 5.92 Å². The average molecular weight is 433 g/mol. The fourth-order valence-corrected chi connectivity index (χ4v) is 4.54. The van der Waals surface area contributed by atoms with Crippen LogP contribution in [0, 0.1) is 5.92 Å². The molecule has 0 amide bonds. The summed E-state index contributed by atoms with van der Waals surface area (Å²) in [5.41, 5.74) is 1.93. The van der Waals surface area contributed by atoms with Gasteiger partial charge in [0.15, 0.2) is 23.0 Å². The minimum Gasteiger partial charge on any atom is -0.496 e. The number of hydrogen-bond acceptors (Lipinski definition) is 7. The predicted molar refractivity (Wildman–Crippen MR) is 117 cm³/mol. The van der Waals surface area contributed by atoms with E-state index in [-0.39, 0.29) is 24.0 Å². The molecule has 1 heterocycles. The van der Waals surface area contributed by atoms with Gasteiger partial charge < -0.3 is 33.2 Å². The van der Waals surface area contributed by atoms with Crippen LogP contribution in [-0.4, -0.2) is 48.8 Å². The van der Waals surface area contributed by atoms with Gasteiger partial charge in [-0.1, -0.05) is 6.92 Å². The third-order valence-corrected chi connectivity index (χ3v) is 6.05. The molecule has 1 aliphatic heterocycles. The Hall–Kier alpha value is -2.80. The molecule has 0 bridgehead atoms. The molecular formula is C24H32O7. The second kappa shape index (κ2) is 9.56. The highest BCUT2D eigenvalue weighted by Crippen LogP contribution is 2.53. The van der Waals surface area contributed by atoms with Crippen molar-refractivity contribution in [3.8, 4) is 34.5 Å². The number of rotatable bonds is 8. The van der Waals surface area contributed by atoms with E-state index in [1.807, 2.05) is 24.3 Å². The lowest BCUT2D eigenvalue weighted by Gasteiger charge is -2.24. The van der Waals surface area contributed by atoms with Crippen LogP contribution in [-0.2, 0) is 4.74 Å². The highest BCUT2D eigenvalue weighted by atomic mass is 16.5. The zero-order valence-corrected chi connectivity index (χ0v) is 19.5. The van der Waals surface area contributed by atoms with Crippen LogP contribution in [0.25, 0.3) is 0 Å². The summed E-state index contributed by atoms with van der Waals surface area (Å²) in [6.45, 7) is 4.25. The van der Waals surface area contributed by atoms with Crippen LogP contribution in [0.3, 0.4) is 0 Å². The summed E-state index contributed by atoms with van der Waals surface area (Å²) in [6, 6.07) is 7.60. The van der Waals surface area contributed by atoms with Crippen LogP contribution in [0.15, 0.2) is 24.3 Å². The van der Waals surface area contributed by atoms with Gasteiger partial charge in [0.1, 0.15) is 11.5 Å². The van der Waals surface area contributed by atoms with Gasteiger partial charge in [-0.05, 0) is 25.0 Å². The van der Waals surface area contributed by atoms with E-state index in [9.17, 15) is 0 Å². The molecule has 0 saturated carbocycles. The molecule has 1 fully saturated rings. The van der Waals surface area contributed by atoms with Gasteiger partial charge in [0.25, 0.3) is 0 Å². The summed E-state index contributed by atoms with van der Waals surface area (Å²) in [7, 11) is 9.76. The van der Waals surface area contributed by atoms with Crippen molar-refractivity contribution in [1.29, 1.82) is 0 Å². The second-order valence-corrected chi connectivity index (χ2v) is 7.54. The standard InChI is InChI=1S/C24H32O7/c1-13-23(15-9-19(27-5)21(29-7)11-17(15)25-3)14(2)31-24(13)16-10-20(28-6)22(30-8)12-18(16)26-4/h9-14,23-24H,1-8H3/t13-,14-,23-,24-/m1/s1. The molecule has 4 atom stereocenters. The summed E-state index contributed by atoms with van der Waals surface area (Å²) in [5.74, 6) is 4.15. The van der Waals surface area contributed by atoms with Crippen molar-refractivity contribution >= 4 is 0 Å². The van der Waals surface area contributed by atoms with Crippen LogP contribution in [0.1, 0.15) is 37.0 Å². The Balaban J connectivity index is 2.06. The molecule has 2 aromatic carbocycles. The Kier molecular flexibility index (Phi) is 7.05. The van der Waals surface area contributed by atoms with Crippen LogP contribution in [0.2, 0.25) is 0 Å². The Labute approximate surface area is 184 Å². The number of methoxy groups -OCH3 is 6. The van der Waals surface area contributed by atoms with Gasteiger partial charge in [0.05, 0.1) is 54.9 Å². The molecule has 0 spiro atoms. The van der Waals surface area contributed by atoms with Gasteiger partial charge in [-0.2, -0.15) is 0 Å². The van der Waals surface area contributed by atoms with Gasteiger partial charge in [-0.3, -0.25) is 0 Å². The summed E-state index contributed by atoms with van der Waals surface area (Å²) < 4.78 is 39.7. The van der Waals surface area contributed by atoms with Crippen molar-refractivity contribution in [3.63, 3.8) is 0 Å². The Morgan fingerprint density at radius 3 is 1.39 bits per heavy atom. The van der Waals surface area contributed by atoms with Crippen molar-refractivity contribution < 1.29 is 33.2 Å². The van der Waals surface area contributed by atoms with Crippen LogP contribution >= 0.6 is 0 Å². The van der Waals surface area contributed by atoms with Gasteiger partial charge in [0.2, 0.25) is 0 Å². The summed E-state index contributed by atoms with van der Waals surface area (Å²) in [6.07, 6.45) is -0.266. The molecule has 0 aliphatic carbocycles. The van der Waals surface area contributed by atoms with Gasteiger partial charge >= 0.3 is 0 Å². The number of ether oxygens (including phenoxy) is 7. The molecule has 170 valence electrons.